The summed E-state index contributed by atoms with van der Waals surface area (Å²) in [7, 11) is -4.37. The van der Waals surface area contributed by atoms with Crippen LogP contribution in [-0.2, 0) is 24.0 Å². The van der Waals surface area contributed by atoms with Crippen LogP contribution in [-0.4, -0.2) is 69.0 Å². The number of fused-ring (bicyclic) bond motifs is 1. The molecule has 2 aromatic rings. The number of carbonyl (C=O) groups excluding carboxylic acids is 1. The fourth-order valence-corrected chi connectivity index (χ4v) is 3.51. The average Bonchev–Trinajstić information content (AvgIpc) is 3.16. The van der Waals surface area contributed by atoms with Crippen LogP contribution in [0.4, 0.5) is 5.82 Å². The van der Waals surface area contributed by atoms with E-state index in [0.717, 1.165) is 0 Å². The maximum atomic E-state index is 11.8. The summed E-state index contributed by atoms with van der Waals surface area (Å²) in [4.78, 5) is 23.3. The van der Waals surface area contributed by atoms with E-state index in [4.69, 9.17) is 14.7 Å². The van der Waals surface area contributed by atoms with Crippen molar-refractivity contribution in [2.45, 2.75) is 44.3 Å². The molecule has 0 saturated carbocycles. The number of carbonyl (C=O) groups is 1. The lowest BCUT2D eigenvalue weighted by molar-refractivity contribution is -0.119. The van der Waals surface area contributed by atoms with Crippen LogP contribution in [0.2, 0.25) is 0 Å². The Hall–Kier alpha value is -2.39. The zero-order chi connectivity index (χ0) is 20.5. The molecule has 2 aromatic heterocycles. The molecule has 1 aliphatic rings. The van der Waals surface area contributed by atoms with Gasteiger partial charge in [-0.2, -0.15) is 8.42 Å². The predicted octanol–water partition coefficient (Wildman–Crippen LogP) is -1.79. The van der Waals surface area contributed by atoms with Crippen molar-refractivity contribution in [3.63, 3.8) is 0 Å². The number of nitrogens with two attached hydrogens (primary N) is 1. The molecule has 154 valence electrons. The smallest absolute Gasteiger partial charge is 0.362 e. The molecule has 0 aliphatic carbocycles. The Morgan fingerprint density at radius 3 is 2.82 bits per heavy atom. The zero-order valence-corrected chi connectivity index (χ0v) is 15.6. The highest BCUT2D eigenvalue weighted by molar-refractivity contribution is 7.85. The fraction of sp³-hybridized carbons (Fsp3) is 0.571. The Balaban J connectivity index is 1.70. The standard InChI is InChI=1S/C14H20N6O7S/c1-2-3-8(21)19-28(24,25)26-4-7-10(22)11(23)14(27-7)20-6-18-9-12(15)16-5-17-13(9)20/h5-7,10-11,14,22-23H,2-4H2,1H3,(H,19,21)(H2,15,16,17)/t7-,10-,11-,14-/m1/s1. The van der Waals surface area contributed by atoms with Gasteiger partial charge in [0.2, 0.25) is 5.91 Å². The van der Waals surface area contributed by atoms with Gasteiger partial charge in [0.05, 0.1) is 12.9 Å². The van der Waals surface area contributed by atoms with Gasteiger partial charge in [-0.15, -0.1) is 0 Å². The number of aliphatic hydroxyl groups is 2. The van der Waals surface area contributed by atoms with Crippen LogP contribution in [0, 0.1) is 0 Å². The number of anilines is 1. The number of hydrogen-bond donors (Lipinski definition) is 4. The summed E-state index contributed by atoms with van der Waals surface area (Å²) in [5, 5.41) is 20.5. The number of aliphatic hydroxyl groups excluding tert-OH is 2. The minimum Gasteiger partial charge on any atom is -0.387 e. The van der Waals surface area contributed by atoms with Gasteiger partial charge >= 0.3 is 10.3 Å². The van der Waals surface area contributed by atoms with Crippen molar-refractivity contribution in [1.29, 1.82) is 0 Å². The summed E-state index contributed by atoms with van der Waals surface area (Å²) < 4.78 is 36.9. The van der Waals surface area contributed by atoms with E-state index in [9.17, 15) is 23.4 Å². The quantitative estimate of drug-likeness (QED) is 0.398. The highest BCUT2D eigenvalue weighted by Gasteiger charge is 2.45. The van der Waals surface area contributed by atoms with Crippen molar-refractivity contribution in [3.8, 4) is 0 Å². The van der Waals surface area contributed by atoms with Gasteiger partial charge in [0.15, 0.2) is 17.7 Å². The average molecular weight is 416 g/mol. The molecule has 28 heavy (non-hydrogen) atoms. The number of ether oxygens (including phenoxy) is 1. The molecule has 1 amide bonds. The number of nitrogen functional groups attached to an aromatic ring is 1. The Morgan fingerprint density at radius 2 is 2.11 bits per heavy atom. The summed E-state index contributed by atoms with van der Waals surface area (Å²) in [5.41, 5.74) is 6.27. The van der Waals surface area contributed by atoms with Gasteiger partial charge in [-0.05, 0) is 6.42 Å². The lowest BCUT2D eigenvalue weighted by Crippen LogP contribution is -2.37. The van der Waals surface area contributed by atoms with Gasteiger partial charge in [0.25, 0.3) is 0 Å². The van der Waals surface area contributed by atoms with E-state index in [0.29, 0.717) is 6.42 Å². The number of hydrogen-bond acceptors (Lipinski definition) is 11. The summed E-state index contributed by atoms with van der Waals surface area (Å²) in [6, 6.07) is 0. The topological polar surface area (TPSA) is 192 Å². The van der Waals surface area contributed by atoms with Crippen LogP contribution in [0.5, 0.6) is 0 Å². The van der Waals surface area contributed by atoms with E-state index < -0.39 is 47.4 Å². The van der Waals surface area contributed by atoms with Crippen molar-refractivity contribution in [2.24, 2.45) is 0 Å². The predicted molar refractivity (Wildman–Crippen MR) is 93.6 cm³/mol. The molecule has 1 saturated heterocycles. The summed E-state index contributed by atoms with van der Waals surface area (Å²) in [5.74, 6) is -0.582. The number of nitrogens with one attached hydrogen (secondary N) is 1. The molecule has 3 heterocycles. The highest BCUT2D eigenvalue weighted by Crippen LogP contribution is 2.32. The first-order valence-corrected chi connectivity index (χ1v) is 9.79. The summed E-state index contributed by atoms with van der Waals surface area (Å²) >= 11 is 0. The van der Waals surface area contributed by atoms with E-state index in [1.165, 1.54) is 17.2 Å². The highest BCUT2D eigenvalue weighted by atomic mass is 32.2. The van der Waals surface area contributed by atoms with E-state index in [2.05, 4.69) is 15.0 Å². The van der Waals surface area contributed by atoms with E-state index in [1.807, 2.05) is 0 Å². The molecule has 0 bridgehead atoms. The van der Waals surface area contributed by atoms with Crippen LogP contribution in [0.3, 0.4) is 0 Å². The number of rotatable bonds is 7. The van der Waals surface area contributed by atoms with E-state index >= 15 is 0 Å². The van der Waals surface area contributed by atoms with Gasteiger partial charge in [-0.3, -0.25) is 13.5 Å². The van der Waals surface area contributed by atoms with E-state index in [1.54, 1.807) is 11.6 Å². The first kappa shape index (κ1) is 20.3. The molecule has 0 aromatic carbocycles. The molecule has 0 unspecified atom stereocenters. The van der Waals surface area contributed by atoms with Crippen molar-refractivity contribution in [1.82, 2.24) is 24.2 Å². The summed E-state index contributed by atoms with van der Waals surface area (Å²) in [6.45, 7) is 1.10. The largest absolute Gasteiger partial charge is 0.387 e. The molecule has 0 radical (unpaired) electrons. The monoisotopic (exact) mass is 416 g/mol. The molecule has 14 heteroatoms. The maximum Gasteiger partial charge on any atom is 0.362 e. The van der Waals surface area contributed by atoms with Crippen LogP contribution in [0.1, 0.15) is 26.0 Å². The van der Waals surface area contributed by atoms with Crippen molar-refractivity contribution in [2.75, 3.05) is 12.3 Å². The third-order valence-corrected chi connectivity index (χ3v) is 5.03. The molecule has 1 aliphatic heterocycles. The minimum atomic E-state index is -4.37. The van der Waals surface area contributed by atoms with Gasteiger partial charge in [0.1, 0.15) is 30.2 Å². The first-order chi connectivity index (χ1) is 13.2. The lowest BCUT2D eigenvalue weighted by Gasteiger charge is -2.16. The number of imidazole rings is 1. The van der Waals surface area contributed by atoms with Gasteiger partial charge in [-0.1, -0.05) is 6.92 Å². The van der Waals surface area contributed by atoms with Gasteiger partial charge < -0.3 is 20.7 Å². The normalized spacial score (nSPS) is 25.2. The third kappa shape index (κ3) is 4.05. The second kappa shape index (κ2) is 7.92. The third-order valence-electron chi connectivity index (χ3n) is 4.10. The molecule has 1 fully saturated rings. The Kier molecular flexibility index (Phi) is 5.76. The van der Waals surface area contributed by atoms with E-state index in [-0.39, 0.29) is 23.4 Å². The van der Waals surface area contributed by atoms with Crippen molar-refractivity contribution < 1.29 is 32.3 Å². The second-order valence-electron chi connectivity index (χ2n) is 6.14. The maximum absolute atomic E-state index is 11.8. The Labute approximate surface area is 159 Å². The molecular weight excluding hydrogens is 396 g/mol. The number of nitrogens with zero attached hydrogens (tertiary/aromatic N) is 4. The molecule has 13 nitrogen and oxygen atoms in total. The van der Waals surface area contributed by atoms with Crippen LogP contribution in [0.25, 0.3) is 11.2 Å². The lowest BCUT2D eigenvalue weighted by atomic mass is 10.1. The first-order valence-electron chi connectivity index (χ1n) is 8.38. The van der Waals surface area contributed by atoms with Crippen LogP contribution < -0.4 is 10.5 Å². The zero-order valence-electron chi connectivity index (χ0n) is 14.8. The van der Waals surface area contributed by atoms with Crippen LogP contribution >= 0.6 is 0 Å². The van der Waals surface area contributed by atoms with Gasteiger partial charge in [-0.25, -0.2) is 19.7 Å². The Morgan fingerprint density at radius 1 is 1.36 bits per heavy atom. The molecule has 5 N–H and O–H groups in total. The number of aromatic nitrogens is 4. The SMILES string of the molecule is CCCC(=O)NS(=O)(=O)OC[C@H]1O[C@@H](n2cnc3c(N)ncnc32)[C@H](O)[C@@H]1O. The second-order valence-corrected chi connectivity index (χ2v) is 7.49. The summed E-state index contributed by atoms with van der Waals surface area (Å²) in [6.07, 6.45) is -2.17. The number of amides is 1. The Bertz CT molecular complexity index is 964. The van der Waals surface area contributed by atoms with Gasteiger partial charge in [0, 0.05) is 6.42 Å². The molecule has 3 rings (SSSR count). The van der Waals surface area contributed by atoms with Crippen molar-refractivity contribution >= 4 is 33.2 Å². The minimum absolute atomic E-state index is 0.0185. The van der Waals surface area contributed by atoms with Crippen molar-refractivity contribution in [3.05, 3.63) is 12.7 Å². The molecular formula is C14H20N6O7S. The van der Waals surface area contributed by atoms with Crippen LogP contribution in [0.15, 0.2) is 12.7 Å². The molecule has 0 spiro atoms. The fourth-order valence-electron chi connectivity index (χ4n) is 2.76. The molecule has 4 atom stereocenters.